The summed E-state index contributed by atoms with van der Waals surface area (Å²) < 4.78 is 15.3. The van der Waals surface area contributed by atoms with Crippen molar-refractivity contribution in [1.29, 1.82) is 0 Å². The lowest BCUT2D eigenvalue weighted by molar-refractivity contribution is -0.113. The van der Waals surface area contributed by atoms with Gasteiger partial charge >= 0.3 is 0 Å². The average molecular weight is 462 g/mol. The largest absolute Gasteiger partial charge is 0.366 e. The fourth-order valence-corrected chi connectivity index (χ4v) is 3.90. The molecule has 0 atom stereocenters. The van der Waals surface area contributed by atoms with Crippen molar-refractivity contribution in [2.75, 3.05) is 11.1 Å². The quantitative estimate of drug-likeness (QED) is 0.387. The number of hydrogen-bond acceptors (Lipinski definition) is 5. The highest BCUT2D eigenvalue weighted by molar-refractivity contribution is 7.99. The zero-order valence-electron chi connectivity index (χ0n) is 17.4. The Morgan fingerprint density at radius 2 is 1.64 bits per heavy atom. The molecule has 0 saturated carbocycles. The van der Waals surface area contributed by atoms with Crippen molar-refractivity contribution < 1.29 is 14.0 Å². The fraction of sp³-hybridized carbons (Fsp3) is 0.0833. The zero-order chi connectivity index (χ0) is 23.2. The van der Waals surface area contributed by atoms with E-state index in [0.29, 0.717) is 28.8 Å². The number of hydrogen-bond donors (Lipinski definition) is 2. The lowest BCUT2D eigenvalue weighted by Crippen LogP contribution is -2.15. The van der Waals surface area contributed by atoms with E-state index >= 15 is 0 Å². The topological polar surface area (TPSA) is 103 Å². The van der Waals surface area contributed by atoms with Gasteiger partial charge in [0.1, 0.15) is 5.82 Å². The van der Waals surface area contributed by atoms with E-state index in [1.54, 1.807) is 36.4 Å². The van der Waals surface area contributed by atoms with E-state index in [0.717, 1.165) is 11.1 Å². The van der Waals surface area contributed by atoms with Crippen molar-refractivity contribution >= 4 is 29.3 Å². The summed E-state index contributed by atoms with van der Waals surface area (Å²) in [5.41, 5.74) is 7.93. The Hall–Kier alpha value is -3.98. The van der Waals surface area contributed by atoms with E-state index in [9.17, 15) is 14.0 Å². The number of amides is 2. The Morgan fingerprint density at radius 3 is 2.30 bits per heavy atom. The van der Waals surface area contributed by atoms with Crippen LogP contribution >= 0.6 is 11.8 Å². The molecule has 0 saturated heterocycles. The van der Waals surface area contributed by atoms with E-state index in [2.05, 4.69) is 15.5 Å². The van der Waals surface area contributed by atoms with E-state index < -0.39 is 5.91 Å². The van der Waals surface area contributed by atoms with Crippen LogP contribution in [0, 0.1) is 5.82 Å². The Labute approximate surface area is 193 Å². The molecule has 0 bridgehead atoms. The number of aromatic nitrogens is 3. The number of nitrogens with two attached hydrogens (primary N) is 1. The second kappa shape index (κ2) is 10.1. The van der Waals surface area contributed by atoms with Crippen LogP contribution in [0.3, 0.4) is 0 Å². The molecule has 0 spiro atoms. The summed E-state index contributed by atoms with van der Waals surface area (Å²) in [7, 11) is 0. The van der Waals surface area contributed by atoms with Gasteiger partial charge in [-0.1, -0.05) is 42.1 Å². The molecule has 0 fully saturated rings. The van der Waals surface area contributed by atoms with Crippen LogP contribution in [-0.2, 0) is 11.3 Å². The smallest absolute Gasteiger partial charge is 0.248 e. The first-order valence-corrected chi connectivity index (χ1v) is 11.0. The van der Waals surface area contributed by atoms with E-state index in [4.69, 9.17) is 5.73 Å². The van der Waals surface area contributed by atoms with Crippen LogP contribution in [0.2, 0.25) is 0 Å². The first kappa shape index (κ1) is 22.2. The molecule has 0 aliphatic heterocycles. The predicted molar refractivity (Wildman–Crippen MR) is 125 cm³/mol. The summed E-state index contributed by atoms with van der Waals surface area (Å²) >= 11 is 1.25. The first-order valence-electron chi connectivity index (χ1n) is 10.0. The minimum absolute atomic E-state index is 0.105. The Kier molecular flexibility index (Phi) is 6.80. The number of primary amides is 1. The molecule has 3 aromatic carbocycles. The summed E-state index contributed by atoms with van der Waals surface area (Å²) in [6.07, 6.45) is 0. The first-order chi connectivity index (χ1) is 16.0. The van der Waals surface area contributed by atoms with Gasteiger partial charge in [-0.3, -0.25) is 14.2 Å². The summed E-state index contributed by atoms with van der Waals surface area (Å²) in [6.45, 7) is 0.499. The average Bonchev–Trinajstić information content (AvgIpc) is 3.21. The fourth-order valence-electron chi connectivity index (χ4n) is 3.16. The summed E-state index contributed by atoms with van der Waals surface area (Å²) in [4.78, 5) is 23.6. The van der Waals surface area contributed by atoms with Crippen molar-refractivity contribution in [1.82, 2.24) is 14.8 Å². The number of nitrogens with zero attached hydrogens (tertiary/aromatic N) is 3. The molecule has 4 aromatic rings. The maximum atomic E-state index is 13.4. The highest BCUT2D eigenvalue weighted by Crippen LogP contribution is 2.25. The summed E-state index contributed by atoms with van der Waals surface area (Å²) in [6, 6.07) is 22.2. The van der Waals surface area contributed by atoms with Crippen LogP contribution < -0.4 is 11.1 Å². The van der Waals surface area contributed by atoms with Crippen molar-refractivity contribution in [3.8, 4) is 11.4 Å². The number of anilines is 1. The monoisotopic (exact) mass is 461 g/mol. The van der Waals surface area contributed by atoms with Crippen LogP contribution in [0.25, 0.3) is 11.4 Å². The van der Waals surface area contributed by atoms with Gasteiger partial charge in [0.05, 0.1) is 12.3 Å². The third-order valence-corrected chi connectivity index (χ3v) is 5.76. The predicted octanol–water partition coefficient (Wildman–Crippen LogP) is 3.96. The van der Waals surface area contributed by atoms with Gasteiger partial charge in [0.2, 0.25) is 11.8 Å². The highest BCUT2D eigenvalue weighted by Gasteiger charge is 2.16. The molecule has 0 aliphatic rings. The number of rotatable bonds is 8. The highest BCUT2D eigenvalue weighted by atomic mass is 32.2. The van der Waals surface area contributed by atoms with Gasteiger partial charge < -0.3 is 11.1 Å². The van der Waals surface area contributed by atoms with Gasteiger partial charge in [0.15, 0.2) is 11.0 Å². The normalized spacial score (nSPS) is 10.7. The van der Waals surface area contributed by atoms with E-state index in [1.165, 1.54) is 23.9 Å². The van der Waals surface area contributed by atoms with Crippen molar-refractivity contribution in [3.63, 3.8) is 0 Å². The van der Waals surface area contributed by atoms with Gasteiger partial charge in [-0.2, -0.15) is 0 Å². The van der Waals surface area contributed by atoms with Gasteiger partial charge in [-0.05, 0) is 54.1 Å². The number of nitrogens with one attached hydrogen (secondary N) is 1. The molecule has 3 N–H and O–H groups in total. The second-order valence-electron chi connectivity index (χ2n) is 7.16. The molecule has 9 heteroatoms. The molecular formula is C24H20FN5O2S. The molecule has 4 rings (SSSR count). The summed E-state index contributed by atoms with van der Waals surface area (Å²) in [5, 5.41) is 11.9. The number of carbonyl (C=O) groups is 2. The van der Waals surface area contributed by atoms with Crippen molar-refractivity contribution in [2.45, 2.75) is 11.7 Å². The maximum absolute atomic E-state index is 13.4. The van der Waals surface area contributed by atoms with Crippen molar-refractivity contribution in [3.05, 3.63) is 95.8 Å². The van der Waals surface area contributed by atoms with Gasteiger partial charge in [-0.15, -0.1) is 10.2 Å². The summed E-state index contributed by atoms with van der Waals surface area (Å²) in [5.74, 6) is -0.400. The number of halogens is 1. The third-order valence-electron chi connectivity index (χ3n) is 4.79. The van der Waals surface area contributed by atoms with Crippen LogP contribution in [0.1, 0.15) is 15.9 Å². The van der Waals surface area contributed by atoms with Gasteiger partial charge in [0, 0.05) is 16.8 Å². The molecule has 1 aromatic heterocycles. The molecular weight excluding hydrogens is 441 g/mol. The standard InChI is InChI=1S/C24H20FN5O2S/c25-19-10-6-18(7-11-19)23-28-29-24(30(23)14-16-4-2-1-3-5-16)33-15-21(31)27-20-12-8-17(9-13-20)22(26)32/h1-13H,14-15H2,(H2,26,32)(H,27,31). The van der Waals surface area contributed by atoms with E-state index in [-0.39, 0.29) is 17.5 Å². The molecule has 2 amide bonds. The number of benzene rings is 3. The Bertz CT molecular complexity index is 1260. The molecule has 33 heavy (non-hydrogen) atoms. The number of carbonyl (C=O) groups excluding carboxylic acids is 2. The minimum Gasteiger partial charge on any atom is -0.366 e. The number of thioether (sulfide) groups is 1. The van der Waals surface area contributed by atoms with Gasteiger partial charge in [0.25, 0.3) is 0 Å². The lowest BCUT2D eigenvalue weighted by Gasteiger charge is -2.11. The second-order valence-corrected chi connectivity index (χ2v) is 8.11. The molecule has 7 nitrogen and oxygen atoms in total. The van der Waals surface area contributed by atoms with Crippen LogP contribution in [0.4, 0.5) is 10.1 Å². The molecule has 0 unspecified atom stereocenters. The lowest BCUT2D eigenvalue weighted by atomic mass is 10.2. The molecule has 166 valence electrons. The van der Waals surface area contributed by atoms with Crippen molar-refractivity contribution in [2.24, 2.45) is 5.73 Å². The third kappa shape index (κ3) is 5.64. The van der Waals surface area contributed by atoms with Gasteiger partial charge in [-0.25, -0.2) is 4.39 Å². The van der Waals surface area contributed by atoms with E-state index in [1.807, 2.05) is 34.9 Å². The molecule has 0 aliphatic carbocycles. The zero-order valence-corrected chi connectivity index (χ0v) is 18.3. The Balaban J connectivity index is 1.51. The molecule has 0 radical (unpaired) electrons. The SMILES string of the molecule is NC(=O)c1ccc(NC(=O)CSc2nnc(-c3ccc(F)cc3)n2Cc2ccccc2)cc1. The Morgan fingerprint density at radius 1 is 0.939 bits per heavy atom. The van der Waals surface area contributed by atoms with Crippen LogP contribution in [0.15, 0.2) is 84.0 Å². The molecule has 1 heterocycles. The van der Waals surface area contributed by atoms with Crippen LogP contribution in [0.5, 0.6) is 0 Å². The minimum atomic E-state index is -0.529. The van der Waals surface area contributed by atoms with Crippen LogP contribution in [-0.4, -0.2) is 32.3 Å². The maximum Gasteiger partial charge on any atom is 0.248 e.